The second-order valence-corrected chi connectivity index (χ2v) is 6.24. The predicted molar refractivity (Wildman–Crippen MR) is 83.2 cm³/mol. The van der Waals surface area contributed by atoms with Crippen LogP contribution in [0, 0.1) is 0 Å². The number of benzene rings is 1. The standard InChI is InChI=1S/C14H16Cl2N2O4/c1-14(2,3)18-13(21)17-10(19)7-22-12(20)11-8(15)5-4-6-9(11)16/h4-6H,7H2,1-3H3,(H2,17,18,19,21). The van der Waals surface area contributed by atoms with Crippen molar-refractivity contribution in [3.8, 4) is 0 Å². The van der Waals surface area contributed by atoms with E-state index in [0.717, 1.165) is 0 Å². The molecule has 0 radical (unpaired) electrons. The molecule has 3 amide bonds. The summed E-state index contributed by atoms with van der Waals surface area (Å²) >= 11 is 11.7. The van der Waals surface area contributed by atoms with E-state index in [-0.39, 0.29) is 15.6 Å². The molecule has 0 unspecified atom stereocenters. The molecule has 0 saturated carbocycles. The van der Waals surface area contributed by atoms with Crippen molar-refractivity contribution in [3.63, 3.8) is 0 Å². The van der Waals surface area contributed by atoms with E-state index in [2.05, 4.69) is 5.32 Å². The van der Waals surface area contributed by atoms with Crippen molar-refractivity contribution >= 4 is 41.1 Å². The van der Waals surface area contributed by atoms with Gasteiger partial charge in [-0.05, 0) is 32.9 Å². The normalized spacial score (nSPS) is 10.8. The molecule has 0 aliphatic heterocycles. The van der Waals surface area contributed by atoms with E-state index in [1.165, 1.54) is 12.1 Å². The van der Waals surface area contributed by atoms with Crippen molar-refractivity contribution in [2.24, 2.45) is 0 Å². The first-order valence-corrected chi connectivity index (χ1v) is 7.09. The van der Waals surface area contributed by atoms with Crippen LogP contribution in [0.15, 0.2) is 18.2 Å². The minimum Gasteiger partial charge on any atom is -0.452 e. The van der Waals surface area contributed by atoms with Gasteiger partial charge in [0.2, 0.25) is 0 Å². The average molecular weight is 347 g/mol. The number of urea groups is 1. The van der Waals surface area contributed by atoms with Crippen LogP contribution in [0.4, 0.5) is 4.79 Å². The third-order valence-electron chi connectivity index (χ3n) is 2.24. The van der Waals surface area contributed by atoms with Gasteiger partial charge in [0.05, 0.1) is 15.6 Å². The molecule has 0 saturated heterocycles. The molecule has 0 aliphatic rings. The number of carbonyl (C=O) groups is 3. The Hall–Kier alpha value is -1.79. The molecule has 1 rings (SSSR count). The number of amides is 3. The van der Waals surface area contributed by atoms with Gasteiger partial charge in [0, 0.05) is 5.54 Å². The molecule has 0 bridgehead atoms. The molecular formula is C14H16Cl2N2O4. The Morgan fingerprint density at radius 3 is 2.18 bits per heavy atom. The second kappa shape index (κ2) is 7.47. The van der Waals surface area contributed by atoms with Gasteiger partial charge in [0.15, 0.2) is 6.61 Å². The summed E-state index contributed by atoms with van der Waals surface area (Å²) in [7, 11) is 0. The zero-order valence-corrected chi connectivity index (χ0v) is 13.8. The fourth-order valence-corrected chi connectivity index (χ4v) is 1.98. The highest BCUT2D eigenvalue weighted by Crippen LogP contribution is 2.24. The van der Waals surface area contributed by atoms with E-state index in [0.29, 0.717) is 0 Å². The minimum atomic E-state index is -0.845. The van der Waals surface area contributed by atoms with E-state index in [1.807, 2.05) is 5.32 Å². The first-order chi connectivity index (χ1) is 10.1. The van der Waals surface area contributed by atoms with Gasteiger partial charge in [-0.3, -0.25) is 10.1 Å². The zero-order valence-electron chi connectivity index (χ0n) is 12.3. The van der Waals surface area contributed by atoms with Crippen LogP contribution in [0.25, 0.3) is 0 Å². The lowest BCUT2D eigenvalue weighted by Crippen LogP contribution is -2.49. The fraction of sp³-hybridized carbons (Fsp3) is 0.357. The van der Waals surface area contributed by atoms with E-state index < -0.39 is 30.1 Å². The third-order valence-corrected chi connectivity index (χ3v) is 2.87. The van der Waals surface area contributed by atoms with Gasteiger partial charge < -0.3 is 10.1 Å². The third kappa shape index (κ3) is 5.91. The van der Waals surface area contributed by atoms with Crippen LogP contribution in [0.1, 0.15) is 31.1 Å². The van der Waals surface area contributed by atoms with Crippen LogP contribution in [0.5, 0.6) is 0 Å². The highest BCUT2D eigenvalue weighted by molar-refractivity contribution is 6.39. The van der Waals surface area contributed by atoms with Crippen LogP contribution in [-0.2, 0) is 9.53 Å². The summed E-state index contributed by atoms with van der Waals surface area (Å²) in [5.74, 6) is -1.61. The van der Waals surface area contributed by atoms with Gasteiger partial charge in [0.1, 0.15) is 0 Å². The van der Waals surface area contributed by atoms with Crippen molar-refractivity contribution in [2.75, 3.05) is 6.61 Å². The SMILES string of the molecule is CC(C)(C)NC(=O)NC(=O)COC(=O)c1c(Cl)cccc1Cl. The molecule has 1 aromatic rings. The van der Waals surface area contributed by atoms with Gasteiger partial charge in [-0.15, -0.1) is 0 Å². The first-order valence-electron chi connectivity index (χ1n) is 6.33. The molecule has 0 heterocycles. The summed E-state index contributed by atoms with van der Waals surface area (Å²) in [5.41, 5.74) is -0.524. The number of carbonyl (C=O) groups excluding carboxylic acids is 3. The van der Waals surface area contributed by atoms with Gasteiger partial charge in [-0.2, -0.15) is 0 Å². The van der Waals surface area contributed by atoms with Gasteiger partial charge in [-0.25, -0.2) is 9.59 Å². The van der Waals surface area contributed by atoms with Gasteiger partial charge in [-0.1, -0.05) is 29.3 Å². The average Bonchev–Trinajstić information content (AvgIpc) is 2.33. The minimum absolute atomic E-state index is 0.0298. The number of hydrogen-bond acceptors (Lipinski definition) is 4. The lowest BCUT2D eigenvalue weighted by atomic mass is 10.1. The Balaban J connectivity index is 2.54. The molecule has 22 heavy (non-hydrogen) atoms. The van der Waals surface area contributed by atoms with Crippen LogP contribution in [0.2, 0.25) is 10.0 Å². The second-order valence-electron chi connectivity index (χ2n) is 5.43. The largest absolute Gasteiger partial charge is 0.452 e. The Morgan fingerprint density at radius 1 is 1.14 bits per heavy atom. The molecule has 2 N–H and O–H groups in total. The molecule has 120 valence electrons. The van der Waals surface area contributed by atoms with Crippen LogP contribution in [-0.4, -0.2) is 30.1 Å². The van der Waals surface area contributed by atoms with E-state index in [4.69, 9.17) is 27.9 Å². The van der Waals surface area contributed by atoms with Crippen LogP contribution < -0.4 is 10.6 Å². The molecule has 0 atom stereocenters. The number of hydrogen-bond donors (Lipinski definition) is 2. The topological polar surface area (TPSA) is 84.5 Å². The smallest absolute Gasteiger partial charge is 0.341 e. The number of nitrogens with one attached hydrogen (secondary N) is 2. The summed E-state index contributed by atoms with van der Waals surface area (Å²) in [4.78, 5) is 34.8. The summed E-state index contributed by atoms with van der Waals surface area (Å²) in [6.07, 6.45) is 0. The number of ether oxygens (including phenoxy) is 1. The fourth-order valence-electron chi connectivity index (χ4n) is 1.43. The quantitative estimate of drug-likeness (QED) is 0.824. The molecule has 6 nitrogen and oxygen atoms in total. The molecule has 1 aromatic carbocycles. The predicted octanol–water partition coefficient (Wildman–Crippen LogP) is 2.77. The van der Waals surface area contributed by atoms with Crippen molar-refractivity contribution in [1.29, 1.82) is 0 Å². The summed E-state index contributed by atoms with van der Waals surface area (Å²) in [6.45, 7) is 4.65. The van der Waals surface area contributed by atoms with Gasteiger partial charge >= 0.3 is 12.0 Å². The first kappa shape index (κ1) is 18.3. The molecule has 0 fully saturated rings. The Morgan fingerprint density at radius 2 is 1.68 bits per heavy atom. The molecule has 8 heteroatoms. The molecule has 0 aliphatic carbocycles. The van der Waals surface area contributed by atoms with Crippen LogP contribution >= 0.6 is 23.2 Å². The van der Waals surface area contributed by atoms with E-state index in [9.17, 15) is 14.4 Å². The Labute approximate surface area is 138 Å². The lowest BCUT2D eigenvalue weighted by molar-refractivity contribution is -0.123. The maximum atomic E-state index is 11.8. The molecule has 0 spiro atoms. The highest BCUT2D eigenvalue weighted by Gasteiger charge is 2.19. The Kier molecular flexibility index (Phi) is 6.20. The summed E-state index contributed by atoms with van der Waals surface area (Å²) in [5, 5.41) is 4.80. The number of rotatable bonds is 3. The number of halogens is 2. The maximum Gasteiger partial charge on any atom is 0.341 e. The highest BCUT2D eigenvalue weighted by atomic mass is 35.5. The molecule has 0 aromatic heterocycles. The van der Waals surface area contributed by atoms with Gasteiger partial charge in [0.25, 0.3) is 5.91 Å². The summed E-state index contributed by atoms with van der Waals surface area (Å²) in [6, 6.07) is 3.84. The lowest BCUT2D eigenvalue weighted by Gasteiger charge is -2.20. The van der Waals surface area contributed by atoms with Crippen molar-refractivity contribution in [2.45, 2.75) is 26.3 Å². The Bertz CT molecular complexity index is 577. The van der Waals surface area contributed by atoms with E-state index >= 15 is 0 Å². The van der Waals surface area contributed by atoms with Crippen molar-refractivity contribution < 1.29 is 19.1 Å². The van der Waals surface area contributed by atoms with E-state index in [1.54, 1.807) is 26.8 Å². The number of imide groups is 1. The van der Waals surface area contributed by atoms with Crippen molar-refractivity contribution in [1.82, 2.24) is 10.6 Å². The van der Waals surface area contributed by atoms with Crippen LogP contribution in [0.3, 0.4) is 0 Å². The number of esters is 1. The van der Waals surface area contributed by atoms with Crippen molar-refractivity contribution in [3.05, 3.63) is 33.8 Å². The molecular weight excluding hydrogens is 331 g/mol. The summed E-state index contributed by atoms with van der Waals surface area (Å²) < 4.78 is 4.78. The monoisotopic (exact) mass is 346 g/mol. The maximum absolute atomic E-state index is 11.8. The zero-order chi connectivity index (χ0) is 16.9.